The lowest BCUT2D eigenvalue weighted by Gasteiger charge is -2.34. The zero-order chi connectivity index (χ0) is 19.2. The molecule has 1 atom stereocenters. The number of nitrogens with one attached hydrogen (secondary N) is 1. The Morgan fingerprint density at radius 1 is 1.12 bits per heavy atom. The number of hydrogen-bond acceptors (Lipinski definition) is 4. The van der Waals surface area contributed by atoms with Crippen LogP contribution in [0.1, 0.15) is 64.2 Å². The second-order valence-corrected chi connectivity index (χ2v) is 7.87. The van der Waals surface area contributed by atoms with E-state index in [-0.39, 0.29) is 17.9 Å². The predicted molar refractivity (Wildman–Crippen MR) is 94.7 cm³/mol. The van der Waals surface area contributed by atoms with Gasteiger partial charge in [0.2, 0.25) is 5.91 Å². The van der Waals surface area contributed by atoms with Crippen LogP contribution in [0.5, 0.6) is 0 Å². The molecule has 2 rings (SSSR count). The van der Waals surface area contributed by atoms with Gasteiger partial charge >= 0.3 is 11.9 Å². The van der Waals surface area contributed by atoms with Gasteiger partial charge in [-0.25, -0.2) is 0 Å². The van der Waals surface area contributed by atoms with Gasteiger partial charge in [0.1, 0.15) is 0 Å². The van der Waals surface area contributed by atoms with Gasteiger partial charge in [-0.2, -0.15) is 0 Å². The van der Waals surface area contributed by atoms with Gasteiger partial charge in [-0.1, -0.05) is 12.8 Å². The van der Waals surface area contributed by atoms with E-state index in [1.165, 1.54) is 0 Å². The molecule has 1 unspecified atom stereocenters. The molecule has 2 aliphatic rings. The topological polar surface area (TPSA) is 113 Å². The Hall–Kier alpha value is -1.63. The SMILES string of the molecule is COCCC(CC1(C(=O)N[C@H]2CC[C@@H](C(=O)O)CC2)CCCC1)C(=O)O. The highest BCUT2D eigenvalue weighted by molar-refractivity contribution is 5.84. The Labute approximate surface area is 154 Å². The largest absolute Gasteiger partial charge is 0.481 e. The van der Waals surface area contributed by atoms with E-state index in [0.717, 1.165) is 25.7 Å². The lowest BCUT2D eigenvalue weighted by molar-refractivity contribution is -0.145. The highest BCUT2D eigenvalue weighted by Crippen LogP contribution is 2.44. The molecule has 7 heteroatoms. The number of rotatable bonds is 9. The predicted octanol–water partition coefficient (Wildman–Crippen LogP) is 2.43. The standard InChI is InChI=1S/C19H31NO6/c1-26-11-8-14(17(23)24)12-19(9-2-3-10-19)18(25)20-15-6-4-13(5-7-15)16(21)22/h13-15H,2-12H2,1H3,(H,20,25)(H,21,22)(H,23,24)/t13-,14?,15+. The minimum Gasteiger partial charge on any atom is -0.481 e. The molecule has 0 aliphatic heterocycles. The van der Waals surface area contributed by atoms with Crippen LogP contribution < -0.4 is 5.32 Å². The number of carboxylic acid groups (broad SMARTS) is 2. The number of aliphatic carboxylic acids is 2. The van der Waals surface area contributed by atoms with Crippen LogP contribution in [-0.2, 0) is 19.1 Å². The highest BCUT2D eigenvalue weighted by Gasteiger charge is 2.44. The van der Waals surface area contributed by atoms with Crippen LogP contribution in [-0.4, -0.2) is 47.8 Å². The molecule has 0 bridgehead atoms. The fourth-order valence-corrected chi connectivity index (χ4v) is 4.44. The summed E-state index contributed by atoms with van der Waals surface area (Å²) in [5, 5.41) is 21.7. The molecular weight excluding hydrogens is 338 g/mol. The number of hydrogen-bond donors (Lipinski definition) is 3. The molecule has 26 heavy (non-hydrogen) atoms. The third kappa shape index (κ3) is 5.19. The third-order valence-corrected chi connectivity index (χ3v) is 6.11. The van der Waals surface area contributed by atoms with Crippen molar-refractivity contribution in [2.45, 2.75) is 70.3 Å². The summed E-state index contributed by atoms with van der Waals surface area (Å²) in [6.07, 6.45) is 6.59. The average molecular weight is 369 g/mol. The summed E-state index contributed by atoms with van der Waals surface area (Å²) in [6.45, 7) is 0.369. The van der Waals surface area contributed by atoms with Crippen molar-refractivity contribution in [3.05, 3.63) is 0 Å². The van der Waals surface area contributed by atoms with Crippen molar-refractivity contribution in [3.8, 4) is 0 Å². The first-order valence-corrected chi connectivity index (χ1v) is 9.63. The van der Waals surface area contributed by atoms with Crippen LogP contribution in [0.25, 0.3) is 0 Å². The molecule has 148 valence electrons. The van der Waals surface area contributed by atoms with Gasteiger partial charge in [0.15, 0.2) is 0 Å². The Morgan fingerprint density at radius 3 is 2.23 bits per heavy atom. The maximum atomic E-state index is 13.0. The van der Waals surface area contributed by atoms with Crippen molar-refractivity contribution in [3.63, 3.8) is 0 Å². The number of ether oxygens (including phenoxy) is 1. The Balaban J connectivity index is 1.98. The van der Waals surface area contributed by atoms with Crippen molar-refractivity contribution in [1.29, 1.82) is 0 Å². The summed E-state index contributed by atoms with van der Waals surface area (Å²) >= 11 is 0. The maximum absolute atomic E-state index is 13.0. The number of methoxy groups -OCH3 is 1. The third-order valence-electron chi connectivity index (χ3n) is 6.11. The van der Waals surface area contributed by atoms with E-state index in [1.807, 2.05) is 0 Å². The number of carboxylic acids is 2. The smallest absolute Gasteiger partial charge is 0.306 e. The second-order valence-electron chi connectivity index (χ2n) is 7.87. The minimum atomic E-state index is -0.872. The summed E-state index contributed by atoms with van der Waals surface area (Å²) in [5.41, 5.74) is -0.611. The minimum absolute atomic E-state index is 0.00201. The fraction of sp³-hybridized carbons (Fsp3) is 0.842. The van der Waals surface area contributed by atoms with E-state index in [1.54, 1.807) is 7.11 Å². The van der Waals surface area contributed by atoms with Gasteiger partial charge in [0.05, 0.1) is 17.3 Å². The van der Waals surface area contributed by atoms with Crippen LogP contribution in [0.4, 0.5) is 0 Å². The molecule has 1 amide bonds. The Morgan fingerprint density at radius 2 is 1.73 bits per heavy atom. The monoisotopic (exact) mass is 369 g/mol. The first kappa shape index (κ1) is 20.7. The average Bonchev–Trinajstić information content (AvgIpc) is 3.08. The van der Waals surface area contributed by atoms with Crippen LogP contribution in [0.2, 0.25) is 0 Å². The van der Waals surface area contributed by atoms with Gasteiger partial charge in [-0.15, -0.1) is 0 Å². The summed E-state index contributed by atoms with van der Waals surface area (Å²) in [4.78, 5) is 35.7. The normalized spacial score (nSPS) is 26.2. The zero-order valence-corrected chi connectivity index (χ0v) is 15.5. The molecule has 7 nitrogen and oxygen atoms in total. The number of carbonyl (C=O) groups excluding carboxylic acids is 1. The first-order chi connectivity index (χ1) is 12.4. The molecule has 0 aromatic rings. The summed E-state index contributed by atoms with van der Waals surface area (Å²) < 4.78 is 5.02. The first-order valence-electron chi connectivity index (χ1n) is 9.63. The van der Waals surface area contributed by atoms with E-state index >= 15 is 0 Å². The molecule has 2 fully saturated rings. The molecule has 0 saturated heterocycles. The fourth-order valence-electron chi connectivity index (χ4n) is 4.44. The van der Waals surface area contributed by atoms with Gasteiger partial charge in [-0.05, 0) is 51.4 Å². The van der Waals surface area contributed by atoms with Gasteiger partial charge < -0.3 is 20.3 Å². The number of carbonyl (C=O) groups is 3. The molecule has 0 spiro atoms. The molecule has 0 radical (unpaired) electrons. The van der Waals surface area contributed by atoms with Crippen LogP contribution >= 0.6 is 0 Å². The Bertz CT molecular complexity index is 506. The van der Waals surface area contributed by atoms with Gasteiger partial charge in [0.25, 0.3) is 0 Å². The van der Waals surface area contributed by atoms with Crippen molar-refractivity contribution in [2.75, 3.05) is 13.7 Å². The molecule has 0 aromatic carbocycles. The van der Waals surface area contributed by atoms with Crippen LogP contribution in [0.3, 0.4) is 0 Å². The maximum Gasteiger partial charge on any atom is 0.306 e. The van der Waals surface area contributed by atoms with Gasteiger partial charge in [0, 0.05) is 19.8 Å². The zero-order valence-electron chi connectivity index (χ0n) is 15.5. The van der Waals surface area contributed by atoms with E-state index < -0.39 is 23.3 Å². The summed E-state index contributed by atoms with van der Waals surface area (Å²) in [5.74, 6) is -2.57. The van der Waals surface area contributed by atoms with E-state index in [9.17, 15) is 19.5 Å². The summed E-state index contributed by atoms with van der Waals surface area (Å²) in [6, 6.07) is -0.00201. The van der Waals surface area contributed by atoms with E-state index in [4.69, 9.17) is 9.84 Å². The van der Waals surface area contributed by atoms with Crippen molar-refractivity contribution in [1.82, 2.24) is 5.32 Å². The lowest BCUT2D eigenvalue weighted by atomic mass is 9.75. The second kappa shape index (κ2) is 9.35. The Kier molecular flexibility index (Phi) is 7.43. The molecule has 0 aromatic heterocycles. The lowest BCUT2D eigenvalue weighted by Crippen LogP contribution is -2.47. The quantitative estimate of drug-likeness (QED) is 0.575. The van der Waals surface area contributed by atoms with Crippen molar-refractivity contribution >= 4 is 17.8 Å². The van der Waals surface area contributed by atoms with Crippen LogP contribution in [0.15, 0.2) is 0 Å². The van der Waals surface area contributed by atoms with Crippen molar-refractivity contribution in [2.24, 2.45) is 17.3 Å². The van der Waals surface area contributed by atoms with Crippen LogP contribution in [0, 0.1) is 17.3 Å². The van der Waals surface area contributed by atoms with Gasteiger partial charge in [-0.3, -0.25) is 14.4 Å². The molecule has 3 N–H and O–H groups in total. The summed E-state index contributed by atoms with van der Waals surface area (Å²) in [7, 11) is 1.55. The van der Waals surface area contributed by atoms with E-state index in [2.05, 4.69) is 5.32 Å². The van der Waals surface area contributed by atoms with Crippen molar-refractivity contribution < 1.29 is 29.3 Å². The molecule has 2 aliphatic carbocycles. The molecule has 0 heterocycles. The van der Waals surface area contributed by atoms with E-state index in [0.29, 0.717) is 45.1 Å². The number of amides is 1. The molecular formula is C19H31NO6. The molecule has 2 saturated carbocycles. The highest BCUT2D eigenvalue weighted by atomic mass is 16.5.